The number of ether oxygens (including phenoxy) is 3. The number of hydrogen-bond acceptors (Lipinski definition) is 8. The van der Waals surface area contributed by atoms with E-state index in [9.17, 15) is 14.7 Å². The molecule has 0 bridgehead atoms. The molecular formula is C41H66N3O6+. The number of hydrogen-bond donors (Lipinski definition) is 2. The number of aliphatic hydroxyl groups excluding tert-OH is 1. The lowest BCUT2D eigenvalue weighted by molar-refractivity contribution is -0.713. The molecule has 0 aliphatic carbocycles. The number of nitrogens with zero attached hydrogens (tertiary/aromatic N) is 2. The summed E-state index contributed by atoms with van der Waals surface area (Å²) in [5.41, 5.74) is 2.02. The first-order valence-electron chi connectivity index (χ1n) is 20.1. The summed E-state index contributed by atoms with van der Waals surface area (Å²) in [6.07, 6.45) is 29.0. The number of nitrogens with one attached hydrogen (secondary N) is 1. The molecule has 0 unspecified atom stereocenters. The molecule has 0 radical (unpaired) electrons. The van der Waals surface area contributed by atoms with Crippen LogP contribution in [0.5, 0.6) is 0 Å². The number of allylic oxidation sites excluding steroid dienone is 1. The smallest absolute Gasteiger partial charge is 0.394 e. The summed E-state index contributed by atoms with van der Waals surface area (Å²) in [6.45, 7) is 8.28. The highest BCUT2D eigenvalue weighted by molar-refractivity contribution is 5.91. The van der Waals surface area contributed by atoms with Gasteiger partial charge in [0.25, 0.3) is 0 Å². The molecule has 9 nitrogen and oxygen atoms in total. The number of esters is 2. The first kappa shape index (κ1) is 40.0. The zero-order chi connectivity index (χ0) is 35.6. The lowest BCUT2D eigenvalue weighted by atomic mass is 9.95. The van der Waals surface area contributed by atoms with Gasteiger partial charge in [-0.15, -0.1) is 0 Å². The molecule has 2 N–H and O–H groups in total. The van der Waals surface area contributed by atoms with Gasteiger partial charge in [-0.1, -0.05) is 107 Å². The first-order valence-corrected chi connectivity index (χ1v) is 20.1. The zero-order valence-corrected chi connectivity index (χ0v) is 31.2. The van der Waals surface area contributed by atoms with E-state index in [2.05, 4.69) is 35.5 Å². The van der Waals surface area contributed by atoms with Gasteiger partial charge in [-0.2, -0.15) is 0 Å². The van der Waals surface area contributed by atoms with Crippen LogP contribution in [0.15, 0.2) is 24.8 Å². The van der Waals surface area contributed by atoms with Crippen LogP contribution in [0.3, 0.4) is 0 Å². The van der Waals surface area contributed by atoms with E-state index >= 15 is 0 Å². The Morgan fingerprint density at radius 2 is 1.74 bits per heavy atom. The van der Waals surface area contributed by atoms with Crippen molar-refractivity contribution in [3.05, 3.63) is 41.8 Å². The first-order chi connectivity index (χ1) is 24.4. The Hall–Kier alpha value is -2.78. The molecular weight excluding hydrogens is 630 g/mol. The standard InChI is InChI=1S/C41H65N3O6/c1-4-29-48-37(46)25-17-15-13-11-9-7-6-8-10-12-14-16-20-30-49-39(47)38-35(24-21-22-32(3)45)42-40-43-41(28-19-18-23-34(5-2)50-41)31-33-26-27-36(38)44(33)40/h4,18,23,32-34,45H,1,5-17,19-22,24-31H2,2-3H3/p+1/t32-,33+,34+,41+/m1/s1. The van der Waals surface area contributed by atoms with Crippen LogP contribution in [0.25, 0.3) is 0 Å². The summed E-state index contributed by atoms with van der Waals surface area (Å²) in [5.74, 6) is 0.446. The van der Waals surface area contributed by atoms with Crippen LogP contribution in [0.2, 0.25) is 0 Å². The van der Waals surface area contributed by atoms with Gasteiger partial charge < -0.3 is 19.3 Å². The minimum Gasteiger partial charge on any atom is -0.462 e. The van der Waals surface area contributed by atoms with Gasteiger partial charge >= 0.3 is 17.9 Å². The maximum absolute atomic E-state index is 13.7. The van der Waals surface area contributed by atoms with E-state index in [-0.39, 0.29) is 30.2 Å². The average Bonchev–Trinajstić information content (AvgIpc) is 3.41. The molecule has 0 amide bonds. The number of carbonyl (C=O) groups is 2. The van der Waals surface area contributed by atoms with Crippen LogP contribution < -0.4 is 9.88 Å². The largest absolute Gasteiger partial charge is 0.462 e. The Balaban J connectivity index is 1.16. The van der Waals surface area contributed by atoms with Crippen molar-refractivity contribution >= 4 is 17.9 Å². The number of aromatic nitrogens is 2. The number of unbranched alkanes of at least 4 members (excludes halogenated alkanes) is 12. The van der Waals surface area contributed by atoms with Crippen LogP contribution in [0.4, 0.5) is 5.95 Å². The van der Waals surface area contributed by atoms with Crippen molar-refractivity contribution in [1.82, 2.24) is 4.98 Å². The van der Waals surface area contributed by atoms with Gasteiger partial charge in [0.15, 0.2) is 5.72 Å². The van der Waals surface area contributed by atoms with Crippen LogP contribution in [0, 0.1) is 0 Å². The summed E-state index contributed by atoms with van der Waals surface area (Å²) in [4.78, 5) is 30.3. The van der Waals surface area contributed by atoms with E-state index in [1.807, 2.05) is 6.92 Å². The third-order valence-corrected chi connectivity index (χ3v) is 10.5. The Bertz CT molecular complexity index is 1250. The van der Waals surface area contributed by atoms with Crippen molar-refractivity contribution in [2.45, 2.75) is 186 Å². The molecule has 4 rings (SSSR count). The SMILES string of the molecule is C=CCOC(=O)CCCCCCCCCCCCCCCOC(=O)c1c(CCC[C@@H](C)O)nc2[n+]3c1CC[C@H]3C[C@@]1(CCC=C[C@H](CC)O1)N2. The normalized spacial score (nSPS) is 21.3. The maximum Gasteiger partial charge on any atom is 0.394 e. The number of aryl methyl sites for hydroxylation is 1. The fraction of sp³-hybridized carbons (Fsp3) is 0.756. The van der Waals surface area contributed by atoms with E-state index in [0.29, 0.717) is 38.0 Å². The van der Waals surface area contributed by atoms with E-state index < -0.39 is 5.72 Å². The Kier molecular flexibility index (Phi) is 17.2. The van der Waals surface area contributed by atoms with Crippen molar-refractivity contribution in [3.63, 3.8) is 0 Å². The summed E-state index contributed by atoms with van der Waals surface area (Å²) >= 11 is 0. The topological polar surface area (TPSA) is 111 Å². The quantitative estimate of drug-likeness (QED) is 0.0479. The third-order valence-electron chi connectivity index (χ3n) is 10.5. The Morgan fingerprint density at radius 1 is 1.06 bits per heavy atom. The highest BCUT2D eigenvalue weighted by Gasteiger charge is 2.50. The van der Waals surface area contributed by atoms with E-state index in [1.165, 1.54) is 57.8 Å². The molecule has 3 aliphatic rings. The zero-order valence-electron chi connectivity index (χ0n) is 31.2. The van der Waals surface area contributed by atoms with Crippen molar-refractivity contribution in [2.75, 3.05) is 18.5 Å². The molecule has 4 atom stereocenters. The molecule has 0 saturated carbocycles. The van der Waals surface area contributed by atoms with E-state index in [4.69, 9.17) is 19.2 Å². The summed E-state index contributed by atoms with van der Waals surface area (Å²) in [5, 5.41) is 13.6. The van der Waals surface area contributed by atoms with E-state index in [1.54, 1.807) is 6.08 Å². The molecule has 1 spiro atoms. The van der Waals surface area contributed by atoms with Crippen molar-refractivity contribution < 1.29 is 33.5 Å². The predicted octanol–water partition coefficient (Wildman–Crippen LogP) is 8.56. The molecule has 0 aromatic carbocycles. The van der Waals surface area contributed by atoms with Gasteiger partial charge in [-0.05, 0) is 51.9 Å². The molecule has 50 heavy (non-hydrogen) atoms. The van der Waals surface area contributed by atoms with Crippen molar-refractivity contribution in [3.8, 4) is 0 Å². The third kappa shape index (κ3) is 12.5. The lowest BCUT2D eigenvalue weighted by Crippen LogP contribution is -2.58. The molecule has 9 heteroatoms. The Labute approximate surface area is 301 Å². The fourth-order valence-corrected chi connectivity index (χ4v) is 7.81. The average molecular weight is 697 g/mol. The second-order valence-electron chi connectivity index (χ2n) is 14.8. The predicted molar refractivity (Wildman–Crippen MR) is 197 cm³/mol. The van der Waals surface area contributed by atoms with Gasteiger partial charge in [0.1, 0.15) is 17.9 Å². The minimum atomic E-state index is -0.450. The maximum atomic E-state index is 13.7. The van der Waals surface area contributed by atoms with Gasteiger partial charge in [0.05, 0.1) is 30.6 Å². The van der Waals surface area contributed by atoms with Crippen LogP contribution in [-0.4, -0.2) is 53.2 Å². The van der Waals surface area contributed by atoms with Crippen LogP contribution in [-0.2, 0) is 31.8 Å². The lowest BCUT2D eigenvalue weighted by Gasteiger charge is -2.38. The Morgan fingerprint density at radius 3 is 2.40 bits per heavy atom. The molecule has 3 aliphatic heterocycles. The minimum absolute atomic E-state index is 0.0860. The second kappa shape index (κ2) is 21.6. The number of anilines is 1. The van der Waals surface area contributed by atoms with Crippen molar-refractivity contribution in [1.29, 1.82) is 0 Å². The molecule has 0 fully saturated rings. The van der Waals surface area contributed by atoms with E-state index in [0.717, 1.165) is 88.0 Å². The molecule has 1 aromatic rings. The van der Waals surface area contributed by atoms with Gasteiger partial charge in [-0.3, -0.25) is 4.79 Å². The number of rotatable bonds is 24. The monoisotopic (exact) mass is 696 g/mol. The van der Waals surface area contributed by atoms with Gasteiger partial charge in [0.2, 0.25) is 0 Å². The second-order valence-corrected chi connectivity index (χ2v) is 14.8. The summed E-state index contributed by atoms with van der Waals surface area (Å²) in [7, 11) is 0. The fourth-order valence-electron chi connectivity index (χ4n) is 7.81. The van der Waals surface area contributed by atoms with Crippen LogP contribution in [0.1, 0.15) is 176 Å². The molecule has 4 heterocycles. The molecule has 280 valence electrons. The molecule has 1 aromatic heterocycles. The summed E-state index contributed by atoms with van der Waals surface area (Å²) in [6, 6.07) is 0.249. The van der Waals surface area contributed by atoms with Crippen LogP contribution >= 0.6 is 0 Å². The highest BCUT2D eigenvalue weighted by atomic mass is 16.5. The van der Waals surface area contributed by atoms with Gasteiger partial charge in [-0.25, -0.2) is 14.7 Å². The highest BCUT2D eigenvalue weighted by Crippen LogP contribution is 2.40. The van der Waals surface area contributed by atoms with Gasteiger partial charge in [0, 0.05) is 32.1 Å². The molecule has 0 saturated heterocycles. The number of carbonyl (C=O) groups excluding carboxylic acids is 2. The number of aliphatic hydroxyl groups is 1. The van der Waals surface area contributed by atoms with Crippen molar-refractivity contribution in [2.24, 2.45) is 0 Å². The summed E-state index contributed by atoms with van der Waals surface area (Å²) < 4.78 is 19.9.